The van der Waals surface area contributed by atoms with Crippen LogP contribution in [0.5, 0.6) is 0 Å². The Morgan fingerprint density at radius 1 is 1.36 bits per heavy atom. The SMILES string of the molecule is Cc1nn(C)c(C)c1[C@H]1OCC[C@@H]1NC(=O)c1cc(C(C)C)oc1C. The van der Waals surface area contributed by atoms with E-state index in [1.54, 1.807) is 0 Å². The van der Waals surface area contributed by atoms with Crippen LogP contribution >= 0.6 is 0 Å². The van der Waals surface area contributed by atoms with E-state index in [-0.39, 0.29) is 24.0 Å². The van der Waals surface area contributed by atoms with E-state index in [1.165, 1.54) is 0 Å². The fraction of sp³-hybridized carbons (Fsp3) is 0.579. The Hall–Kier alpha value is -2.08. The van der Waals surface area contributed by atoms with Crippen molar-refractivity contribution in [2.24, 2.45) is 7.05 Å². The van der Waals surface area contributed by atoms with Gasteiger partial charge in [0.15, 0.2) is 0 Å². The summed E-state index contributed by atoms with van der Waals surface area (Å²) < 4.78 is 13.5. The van der Waals surface area contributed by atoms with E-state index in [0.29, 0.717) is 17.9 Å². The summed E-state index contributed by atoms with van der Waals surface area (Å²) in [5.41, 5.74) is 3.71. The lowest BCUT2D eigenvalue weighted by atomic mass is 10.00. The van der Waals surface area contributed by atoms with Gasteiger partial charge in [-0.15, -0.1) is 0 Å². The number of hydrogen-bond acceptors (Lipinski definition) is 4. The van der Waals surface area contributed by atoms with Crippen LogP contribution in [-0.2, 0) is 11.8 Å². The molecule has 1 N–H and O–H groups in total. The van der Waals surface area contributed by atoms with Crippen molar-refractivity contribution < 1.29 is 13.9 Å². The number of carbonyl (C=O) groups is 1. The molecule has 1 fully saturated rings. The summed E-state index contributed by atoms with van der Waals surface area (Å²) in [7, 11) is 1.93. The largest absolute Gasteiger partial charge is 0.465 e. The molecule has 6 nitrogen and oxygen atoms in total. The van der Waals surface area contributed by atoms with Crippen molar-refractivity contribution in [2.45, 2.75) is 59.1 Å². The number of nitrogens with zero attached hydrogens (tertiary/aromatic N) is 2. The number of furan rings is 1. The number of ether oxygens (including phenoxy) is 1. The Bertz CT molecular complexity index is 788. The van der Waals surface area contributed by atoms with Gasteiger partial charge in [-0.1, -0.05) is 13.8 Å². The van der Waals surface area contributed by atoms with Gasteiger partial charge in [0.05, 0.1) is 17.3 Å². The number of nitrogens with one attached hydrogen (secondary N) is 1. The summed E-state index contributed by atoms with van der Waals surface area (Å²) in [6.07, 6.45) is 0.632. The second-order valence-corrected chi connectivity index (χ2v) is 7.14. The summed E-state index contributed by atoms with van der Waals surface area (Å²) in [5, 5.41) is 7.61. The number of hydrogen-bond donors (Lipinski definition) is 1. The Balaban J connectivity index is 1.81. The number of aromatic nitrogens is 2. The number of amides is 1. The molecule has 0 aromatic carbocycles. The molecule has 0 radical (unpaired) electrons. The van der Waals surface area contributed by atoms with Gasteiger partial charge in [0.1, 0.15) is 17.6 Å². The van der Waals surface area contributed by atoms with Gasteiger partial charge in [0.25, 0.3) is 5.91 Å². The fourth-order valence-electron chi connectivity index (χ4n) is 3.48. The summed E-state index contributed by atoms with van der Waals surface area (Å²) in [6.45, 7) is 10.6. The third-order valence-electron chi connectivity index (χ3n) is 5.01. The van der Waals surface area contributed by atoms with E-state index in [1.807, 2.05) is 38.6 Å². The lowest BCUT2D eigenvalue weighted by Crippen LogP contribution is -2.37. The smallest absolute Gasteiger partial charge is 0.255 e. The minimum absolute atomic E-state index is 0.0640. The van der Waals surface area contributed by atoms with E-state index < -0.39 is 0 Å². The second-order valence-electron chi connectivity index (χ2n) is 7.14. The van der Waals surface area contributed by atoms with Gasteiger partial charge in [-0.3, -0.25) is 9.48 Å². The molecule has 1 aliphatic heterocycles. The van der Waals surface area contributed by atoms with E-state index in [4.69, 9.17) is 9.15 Å². The minimum Gasteiger partial charge on any atom is -0.465 e. The fourth-order valence-corrected chi connectivity index (χ4v) is 3.48. The predicted octanol–water partition coefficient (Wildman–Crippen LogP) is 3.32. The predicted molar refractivity (Wildman–Crippen MR) is 94.8 cm³/mol. The molecule has 6 heteroatoms. The maximum absolute atomic E-state index is 12.8. The Morgan fingerprint density at radius 2 is 2.08 bits per heavy atom. The standard InChI is InChI=1S/C19H27N3O3/c1-10(2)16-9-14(13(5)25-16)19(23)20-15-7-8-24-18(15)17-11(3)21-22(6)12(17)4/h9-10,15,18H,7-8H2,1-6H3,(H,20,23)/t15-,18-/m0/s1. The molecule has 0 unspecified atom stereocenters. The molecule has 1 amide bonds. The summed E-state index contributed by atoms with van der Waals surface area (Å²) in [6, 6.07) is 1.78. The highest BCUT2D eigenvalue weighted by Gasteiger charge is 2.35. The van der Waals surface area contributed by atoms with Crippen molar-refractivity contribution in [1.29, 1.82) is 0 Å². The third kappa shape index (κ3) is 3.23. The molecule has 2 aromatic heterocycles. The third-order valence-corrected chi connectivity index (χ3v) is 5.01. The molecule has 0 spiro atoms. The van der Waals surface area contributed by atoms with Crippen LogP contribution in [-0.4, -0.2) is 28.3 Å². The van der Waals surface area contributed by atoms with Crippen LogP contribution in [0.25, 0.3) is 0 Å². The van der Waals surface area contributed by atoms with Crippen molar-refractivity contribution in [3.8, 4) is 0 Å². The number of aryl methyl sites for hydroxylation is 3. The number of carbonyl (C=O) groups excluding carboxylic acids is 1. The average Bonchev–Trinajstić information content (AvgIpc) is 3.19. The van der Waals surface area contributed by atoms with Crippen LogP contribution in [0.15, 0.2) is 10.5 Å². The molecule has 25 heavy (non-hydrogen) atoms. The van der Waals surface area contributed by atoms with E-state index in [2.05, 4.69) is 24.3 Å². The molecule has 136 valence electrons. The molecule has 2 atom stereocenters. The Labute approximate surface area is 148 Å². The number of rotatable bonds is 4. The van der Waals surface area contributed by atoms with Gasteiger partial charge >= 0.3 is 0 Å². The molecule has 3 rings (SSSR count). The second kappa shape index (κ2) is 6.67. The monoisotopic (exact) mass is 345 g/mol. The lowest BCUT2D eigenvalue weighted by Gasteiger charge is -2.20. The first-order valence-corrected chi connectivity index (χ1v) is 8.82. The van der Waals surface area contributed by atoms with Gasteiger partial charge in [-0.05, 0) is 33.3 Å². The van der Waals surface area contributed by atoms with Gasteiger partial charge in [-0.2, -0.15) is 5.10 Å². The first-order valence-electron chi connectivity index (χ1n) is 8.82. The molecule has 1 saturated heterocycles. The van der Waals surface area contributed by atoms with Crippen LogP contribution in [0, 0.1) is 20.8 Å². The maximum Gasteiger partial charge on any atom is 0.255 e. The van der Waals surface area contributed by atoms with Gasteiger partial charge in [-0.25, -0.2) is 0 Å². The summed E-state index contributed by atoms with van der Waals surface area (Å²) in [5.74, 6) is 1.64. The van der Waals surface area contributed by atoms with Gasteiger partial charge < -0.3 is 14.5 Å². The highest BCUT2D eigenvalue weighted by Crippen LogP contribution is 2.33. The Kier molecular flexibility index (Phi) is 4.73. The topological polar surface area (TPSA) is 69.3 Å². The zero-order valence-electron chi connectivity index (χ0n) is 15.8. The summed E-state index contributed by atoms with van der Waals surface area (Å²) >= 11 is 0. The molecule has 2 aromatic rings. The van der Waals surface area contributed by atoms with Crippen LogP contribution in [0.3, 0.4) is 0 Å². The van der Waals surface area contributed by atoms with Crippen LogP contribution in [0.4, 0.5) is 0 Å². The van der Waals surface area contributed by atoms with Crippen molar-refractivity contribution in [3.63, 3.8) is 0 Å². The van der Waals surface area contributed by atoms with E-state index >= 15 is 0 Å². The van der Waals surface area contributed by atoms with Crippen molar-refractivity contribution in [1.82, 2.24) is 15.1 Å². The normalized spacial score (nSPS) is 20.4. The van der Waals surface area contributed by atoms with Crippen molar-refractivity contribution in [3.05, 3.63) is 40.1 Å². The summed E-state index contributed by atoms with van der Waals surface area (Å²) in [4.78, 5) is 12.8. The Morgan fingerprint density at radius 3 is 2.64 bits per heavy atom. The van der Waals surface area contributed by atoms with Crippen molar-refractivity contribution in [2.75, 3.05) is 6.61 Å². The van der Waals surface area contributed by atoms with Crippen molar-refractivity contribution >= 4 is 5.91 Å². The minimum atomic E-state index is -0.158. The molecule has 0 bridgehead atoms. The molecule has 0 aliphatic carbocycles. The molecular formula is C19H27N3O3. The van der Waals surface area contributed by atoms with E-state index in [0.717, 1.165) is 29.1 Å². The van der Waals surface area contributed by atoms with Crippen LogP contribution in [0.2, 0.25) is 0 Å². The molecule has 3 heterocycles. The first-order chi connectivity index (χ1) is 11.8. The zero-order valence-corrected chi connectivity index (χ0v) is 15.8. The lowest BCUT2D eigenvalue weighted by molar-refractivity contribution is 0.0816. The van der Waals surface area contributed by atoms with Crippen LogP contribution < -0.4 is 5.32 Å². The average molecular weight is 345 g/mol. The highest BCUT2D eigenvalue weighted by molar-refractivity contribution is 5.95. The molecule has 1 aliphatic rings. The van der Waals surface area contributed by atoms with E-state index in [9.17, 15) is 4.79 Å². The van der Waals surface area contributed by atoms with Crippen LogP contribution in [0.1, 0.15) is 71.1 Å². The highest BCUT2D eigenvalue weighted by atomic mass is 16.5. The van der Waals surface area contributed by atoms with Gasteiger partial charge in [0, 0.05) is 30.8 Å². The maximum atomic E-state index is 12.8. The first kappa shape index (κ1) is 17.7. The quantitative estimate of drug-likeness (QED) is 0.923. The van der Waals surface area contributed by atoms with Gasteiger partial charge in [0.2, 0.25) is 0 Å². The molecule has 0 saturated carbocycles. The molecular weight excluding hydrogens is 318 g/mol. The zero-order chi connectivity index (χ0) is 18.3.